The molecule has 0 unspecified atom stereocenters. The zero-order valence-corrected chi connectivity index (χ0v) is 12.3. The van der Waals surface area contributed by atoms with Gasteiger partial charge < -0.3 is 5.32 Å². The largest absolute Gasteiger partial charge is 0.314 e. The van der Waals surface area contributed by atoms with Gasteiger partial charge in [-0.25, -0.2) is 4.39 Å². The van der Waals surface area contributed by atoms with Crippen molar-refractivity contribution < 1.29 is 4.39 Å². The van der Waals surface area contributed by atoms with E-state index in [0.29, 0.717) is 5.02 Å². The molecule has 0 amide bonds. The maximum atomic E-state index is 13.1. The summed E-state index contributed by atoms with van der Waals surface area (Å²) in [5.74, 6) is 0. The van der Waals surface area contributed by atoms with E-state index < -0.39 is 0 Å². The van der Waals surface area contributed by atoms with Crippen LogP contribution in [0.1, 0.15) is 11.6 Å². The van der Waals surface area contributed by atoms with Crippen LogP contribution in [0.15, 0.2) is 24.3 Å². The molecule has 2 rings (SSSR count). The number of benzene rings is 1. The summed E-state index contributed by atoms with van der Waals surface area (Å²) in [5.41, 5.74) is 1.01. The van der Waals surface area contributed by atoms with Crippen molar-refractivity contribution >= 4 is 36.4 Å². The SMILES string of the molecule is Cl.Cl.FC[C@H](c1ccc(Cl)cc1)N1CCNCC1. The van der Waals surface area contributed by atoms with Crippen LogP contribution in [0.2, 0.25) is 5.02 Å². The van der Waals surface area contributed by atoms with E-state index >= 15 is 0 Å². The van der Waals surface area contributed by atoms with Crippen molar-refractivity contribution in [2.24, 2.45) is 0 Å². The van der Waals surface area contributed by atoms with Crippen molar-refractivity contribution in [1.82, 2.24) is 10.2 Å². The first kappa shape index (κ1) is 17.9. The zero-order valence-electron chi connectivity index (χ0n) is 9.94. The molecule has 1 fully saturated rings. The zero-order chi connectivity index (χ0) is 11.4. The van der Waals surface area contributed by atoms with Gasteiger partial charge in [0, 0.05) is 31.2 Å². The summed E-state index contributed by atoms with van der Waals surface area (Å²) in [4.78, 5) is 2.18. The fourth-order valence-electron chi connectivity index (χ4n) is 2.08. The molecule has 1 aromatic rings. The van der Waals surface area contributed by atoms with E-state index in [2.05, 4.69) is 10.2 Å². The Morgan fingerprint density at radius 2 is 1.72 bits per heavy atom. The van der Waals surface area contributed by atoms with Crippen LogP contribution in [0.3, 0.4) is 0 Å². The normalized spacial score (nSPS) is 17.4. The van der Waals surface area contributed by atoms with Crippen molar-refractivity contribution in [3.63, 3.8) is 0 Å². The van der Waals surface area contributed by atoms with Gasteiger partial charge in [-0.1, -0.05) is 23.7 Å². The van der Waals surface area contributed by atoms with Gasteiger partial charge in [0.15, 0.2) is 0 Å². The second-order valence-corrected chi connectivity index (χ2v) is 4.44. The summed E-state index contributed by atoms with van der Waals surface area (Å²) in [6.45, 7) is 3.32. The minimum Gasteiger partial charge on any atom is -0.314 e. The highest BCUT2D eigenvalue weighted by molar-refractivity contribution is 6.30. The summed E-state index contributed by atoms with van der Waals surface area (Å²) >= 11 is 5.83. The van der Waals surface area contributed by atoms with Crippen LogP contribution in [-0.4, -0.2) is 37.8 Å². The maximum absolute atomic E-state index is 13.1. The van der Waals surface area contributed by atoms with Crippen LogP contribution < -0.4 is 5.32 Å². The molecule has 0 aromatic heterocycles. The summed E-state index contributed by atoms with van der Waals surface area (Å²) in [7, 11) is 0. The summed E-state index contributed by atoms with van der Waals surface area (Å²) in [6.07, 6.45) is 0. The van der Waals surface area contributed by atoms with Crippen LogP contribution in [0.25, 0.3) is 0 Å². The first-order valence-electron chi connectivity index (χ1n) is 5.57. The Morgan fingerprint density at radius 1 is 1.17 bits per heavy atom. The highest BCUT2D eigenvalue weighted by atomic mass is 35.5. The van der Waals surface area contributed by atoms with Crippen LogP contribution in [0.4, 0.5) is 4.39 Å². The molecule has 0 bridgehead atoms. The van der Waals surface area contributed by atoms with E-state index in [1.54, 1.807) is 0 Å². The van der Waals surface area contributed by atoms with Gasteiger partial charge in [0.25, 0.3) is 0 Å². The number of hydrogen-bond donors (Lipinski definition) is 1. The van der Waals surface area contributed by atoms with Crippen LogP contribution in [0.5, 0.6) is 0 Å². The minimum atomic E-state index is -0.346. The van der Waals surface area contributed by atoms with Crippen molar-refractivity contribution in [1.29, 1.82) is 0 Å². The second-order valence-electron chi connectivity index (χ2n) is 4.01. The van der Waals surface area contributed by atoms with E-state index in [9.17, 15) is 4.39 Å². The summed E-state index contributed by atoms with van der Waals surface area (Å²) in [5, 5.41) is 3.97. The third-order valence-corrected chi connectivity index (χ3v) is 3.25. The molecule has 0 radical (unpaired) electrons. The van der Waals surface area contributed by atoms with Gasteiger partial charge in [0.1, 0.15) is 6.67 Å². The summed E-state index contributed by atoms with van der Waals surface area (Å²) < 4.78 is 13.1. The molecular formula is C12H18Cl3FN2. The molecule has 1 aliphatic rings. The Balaban J connectivity index is 0.00000144. The van der Waals surface area contributed by atoms with Gasteiger partial charge in [0.2, 0.25) is 0 Å². The quantitative estimate of drug-likeness (QED) is 0.922. The van der Waals surface area contributed by atoms with E-state index in [1.807, 2.05) is 24.3 Å². The van der Waals surface area contributed by atoms with Gasteiger partial charge in [0.05, 0.1) is 6.04 Å². The van der Waals surface area contributed by atoms with Crippen molar-refractivity contribution in [3.05, 3.63) is 34.9 Å². The van der Waals surface area contributed by atoms with E-state index in [4.69, 9.17) is 11.6 Å². The standard InChI is InChI=1S/C12H16ClFN2.2ClH/c13-11-3-1-10(2-4-11)12(9-14)16-7-5-15-6-8-16;;/h1-4,12,15H,5-9H2;2*1H/t12-;;/m1../s1. The first-order chi connectivity index (χ1) is 7.81. The maximum Gasteiger partial charge on any atom is 0.109 e. The monoisotopic (exact) mass is 314 g/mol. The Kier molecular flexibility index (Phi) is 8.91. The molecule has 1 N–H and O–H groups in total. The third-order valence-electron chi connectivity index (χ3n) is 2.99. The van der Waals surface area contributed by atoms with Gasteiger partial charge in [-0.2, -0.15) is 0 Å². The van der Waals surface area contributed by atoms with E-state index in [1.165, 1.54) is 0 Å². The molecule has 0 spiro atoms. The molecule has 0 saturated carbocycles. The number of alkyl halides is 1. The van der Waals surface area contributed by atoms with Crippen molar-refractivity contribution in [3.8, 4) is 0 Å². The van der Waals surface area contributed by atoms with Crippen LogP contribution in [0, 0.1) is 0 Å². The van der Waals surface area contributed by atoms with Crippen LogP contribution >= 0.6 is 36.4 Å². The average Bonchev–Trinajstić information content (AvgIpc) is 2.34. The van der Waals surface area contributed by atoms with Gasteiger partial charge >= 0.3 is 0 Å². The fraction of sp³-hybridized carbons (Fsp3) is 0.500. The third kappa shape index (κ3) is 4.56. The number of rotatable bonds is 3. The Bertz CT molecular complexity index is 329. The number of piperazine rings is 1. The smallest absolute Gasteiger partial charge is 0.109 e. The molecule has 104 valence electrons. The number of hydrogen-bond acceptors (Lipinski definition) is 2. The average molecular weight is 316 g/mol. The molecule has 1 atom stereocenters. The van der Waals surface area contributed by atoms with Crippen molar-refractivity contribution in [2.45, 2.75) is 6.04 Å². The van der Waals surface area contributed by atoms with Crippen molar-refractivity contribution in [2.75, 3.05) is 32.9 Å². The lowest BCUT2D eigenvalue weighted by Gasteiger charge is -2.33. The van der Waals surface area contributed by atoms with Gasteiger partial charge in [-0.05, 0) is 17.7 Å². The molecular weight excluding hydrogens is 298 g/mol. The Morgan fingerprint density at radius 3 is 2.22 bits per heavy atom. The number of nitrogens with one attached hydrogen (secondary N) is 1. The first-order valence-corrected chi connectivity index (χ1v) is 5.95. The predicted octanol–water partition coefficient (Wildman–Crippen LogP) is 3.10. The molecule has 1 aliphatic heterocycles. The minimum absolute atomic E-state index is 0. The number of nitrogens with zero attached hydrogens (tertiary/aromatic N) is 1. The number of halogens is 4. The Labute approximate surface area is 125 Å². The highest BCUT2D eigenvalue weighted by Gasteiger charge is 2.21. The molecule has 1 saturated heterocycles. The topological polar surface area (TPSA) is 15.3 Å². The van der Waals surface area contributed by atoms with E-state index in [-0.39, 0.29) is 37.5 Å². The highest BCUT2D eigenvalue weighted by Crippen LogP contribution is 2.23. The summed E-state index contributed by atoms with van der Waals surface area (Å²) in [6, 6.07) is 7.34. The second kappa shape index (κ2) is 8.94. The molecule has 1 aromatic carbocycles. The molecule has 18 heavy (non-hydrogen) atoms. The van der Waals surface area contributed by atoms with Crippen LogP contribution in [-0.2, 0) is 0 Å². The lowest BCUT2D eigenvalue weighted by molar-refractivity contribution is 0.147. The lowest BCUT2D eigenvalue weighted by Crippen LogP contribution is -2.45. The van der Waals surface area contributed by atoms with Gasteiger partial charge in [-0.15, -0.1) is 24.8 Å². The molecule has 0 aliphatic carbocycles. The Hall–Kier alpha value is -0.0600. The lowest BCUT2D eigenvalue weighted by atomic mass is 10.1. The van der Waals surface area contributed by atoms with E-state index in [0.717, 1.165) is 31.7 Å². The molecule has 2 nitrogen and oxygen atoms in total. The fourth-order valence-corrected chi connectivity index (χ4v) is 2.20. The molecule has 1 heterocycles. The predicted molar refractivity (Wildman–Crippen MR) is 79.1 cm³/mol. The van der Waals surface area contributed by atoms with Gasteiger partial charge in [-0.3, -0.25) is 4.90 Å². The molecule has 6 heteroatoms.